The molecule has 0 radical (unpaired) electrons. The van der Waals surface area contributed by atoms with Gasteiger partial charge in [-0.25, -0.2) is 0 Å². The minimum atomic E-state index is -0.0569. The second-order valence-corrected chi connectivity index (χ2v) is 5.79. The molecule has 20 heavy (non-hydrogen) atoms. The third-order valence-corrected chi connectivity index (χ3v) is 4.29. The Kier molecular flexibility index (Phi) is 4.35. The van der Waals surface area contributed by atoms with Gasteiger partial charge in [-0.1, -0.05) is 12.8 Å². The normalized spacial score (nSPS) is 22.9. The Morgan fingerprint density at radius 2 is 2.10 bits per heavy atom. The maximum absolute atomic E-state index is 12.3. The number of hydrogen-bond donors (Lipinski definition) is 2. The van der Waals surface area contributed by atoms with Gasteiger partial charge in [0.1, 0.15) is 0 Å². The van der Waals surface area contributed by atoms with E-state index in [0.29, 0.717) is 12.2 Å². The van der Waals surface area contributed by atoms with E-state index in [9.17, 15) is 4.79 Å². The number of aromatic amines is 1. The number of rotatable bonds is 3. The number of carbonyl (C=O) groups excluding carboxylic acids is 1. The number of aromatic nitrogens is 2. The van der Waals surface area contributed by atoms with Crippen molar-refractivity contribution in [3.8, 4) is 0 Å². The predicted octanol–water partition coefficient (Wildman–Crippen LogP) is 1.98. The van der Waals surface area contributed by atoms with Crippen molar-refractivity contribution in [1.29, 1.82) is 0 Å². The molecule has 2 aliphatic rings. The zero-order valence-corrected chi connectivity index (χ0v) is 11.9. The zero-order chi connectivity index (χ0) is 13.8. The number of nitrogens with one attached hydrogen (secondary N) is 2. The number of aryl methyl sites for hydroxylation is 1. The Morgan fingerprint density at radius 1 is 1.25 bits per heavy atom. The average molecular weight is 277 g/mol. The SMILES string of the molecule is O=C(NCC1CCCO1)c1n[nH]c2c1CCCCCC2. The molecule has 0 spiro atoms. The first kappa shape index (κ1) is 13.6. The van der Waals surface area contributed by atoms with E-state index in [1.807, 2.05) is 0 Å². The van der Waals surface area contributed by atoms with E-state index in [1.54, 1.807) is 0 Å². The summed E-state index contributed by atoms with van der Waals surface area (Å²) >= 11 is 0. The van der Waals surface area contributed by atoms with Crippen LogP contribution in [-0.2, 0) is 17.6 Å². The lowest BCUT2D eigenvalue weighted by molar-refractivity contribution is 0.0853. The first-order valence-electron chi connectivity index (χ1n) is 7.80. The topological polar surface area (TPSA) is 67.0 Å². The summed E-state index contributed by atoms with van der Waals surface area (Å²) < 4.78 is 5.53. The smallest absolute Gasteiger partial charge is 0.272 e. The molecule has 1 atom stereocenters. The van der Waals surface area contributed by atoms with Gasteiger partial charge in [0.2, 0.25) is 0 Å². The summed E-state index contributed by atoms with van der Waals surface area (Å²) in [4.78, 5) is 12.3. The predicted molar refractivity (Wildman–Crippen MR) is 75.8 cm³/mol. The fraction of sp³-hybridized carbons (Fsp3) is 0.733. The fourth-order valence-corrected chi connectivity index (χ4v) is 3.12. The van der Waals surface area contributed by atoms with Gasteiger partial charge in [-0.05, 0) is 38.5 Å². The largest absolute Gasteiger partial charge is 0.376 e. The maximum atomic E-state index is 12.3. The van der Waals surface area contributed by atoms with Gasteiger partial charge < -0.3 is 10.1 Å². The van der Waals surface area contributed by atoms with Gasteiger partial charge in [0, 0.05) is 24.4 Å². The van der Waals surface area contributed by atoms with Crippen molar-refractivity contribution in [1.82, 2.24) is 15.5 Å². The third-order valence-electron chi connectivity index (χ3n) is 4.29. The Morgan fingerprint density at radius 3 is 2.90 bits per heavy atom. The van der Waals surface area contributed by atoms with Gasteiger partial charge in [-0.15, -0.1) is 0 Å². The summed E-state index contributed by atoms with van der Waals surface area (Å²) in [6.45, 7) is 1.42. The molecular weight excluding hydrogens is 254 g/mol. The quantitative estimate of drug-likeness (QED) is 0.887. The summed E-state index contributed by atoms with van der Waals surface area (Å²) in [5.41, 5.74) is 2.89. The molecule has 5 heteroatoms. The molecule has 2 heterocycles. The average Bonchev–Trinajstić information content (AvgIpc) is 3.05. The lowest BCUT2D eigenvalue weighted by Gasteiger charge is -2.12. The van der Waals surface area contributed by atoms with Crippen LogP contribution in [0.3, 0.4) is 0 Å². The van der Waals surface area contributed by atoms with Crippen molar-refractivity contribution in [2.45, 2.75) is 57.5 Å². The van der Waals surface area contributed by atoms with E-state index in [0.717, 1.165) is 50.0 Å². The summed E-state index contributed by atoms with van der Waals surface area (Å²) in [6, 6.07) is 0. The van der Waals surface area contributed by atoms with Crippen LogP contribution in [0.2, 0.25) is 0 Å². The fourth-order valence-electron chi connectivity index (χ4n) is 3.12. The van der Waals surface area contributed by atoms with E-state index in [-0.39, 0.29) is 12.0 Å². The molecule has 2 N–H and O–H groups in total. The number of nitrogens with zero attached hydrogens (tertiary/aromatic N) is 1. The van der Waals surface area contributed by atoms with Crippen LogP contribution in [0.25, 0.3) is 0 Å². The molecule has 1 aliphatic heterocycles. The van der Waals surface area contributed by atoms with Crippen molar-refractivity contribution in [3.05, 3.63) is 17.0 Å². The number of H-pyrrole nitrogens is 1. The molecule has 0 saturated carbocycles. The highest BCUT2D eigenvalue weighted by molar-refractivity contribution is 5.94. The van der Waals surface area contributed by atoms with Crippen LogP contribution in [0.15, 0.2) is 0 Å². The van der Waals surface area contributed by atoms with E-state index in [2.05, 4.69) is 15.5 Å². The van der Waals surface area contributed by atoms with Gasteiger partial charge in [-0.3, -0.25) is 9.89 Å². The number of ether oxygens (including phenoxy) is 1. The van der Waals surface area contributed by atoms with Crippen LogP contribution < -0.4 is 5.32 Å². The van der Waals surface area contributed by atoms with Gasteiger partial charge in [0.15, 0.2) is 5.69 Å². The maximum Gasteiger partial charge on any atom is 0.272 e. The molecule has 1 unspecified atom stereocenters. The Labute approximate surface area is 119 Å². The molecule has 0 aromatic carbocycles. The van der Waals surface area contributed by atoms with Crippen LogP contribution >= 0.6 is 0 Å². The zero-order valence-electron chi connectivity index (χ0n) is 11.9. The summed E-state index contributed by atoms with van der Waals surface area (Å²) in [5.74, 6) is -0.0569. The lowest BCUT2D eigenvalue weighted by atomic mass is 9.97. The van der Waals surface area contributed by atoms with E-state index in [1.165, 1.54) is 19.3 Å². The standard InChI is InChI=1S/C15H23N3O2/c19-15(16-10-11-6-5-9-20-11)14-12-7-3-1-2-4-8-13(12)17-18-14/h11H,1-10H2,(H,16,19)(H,17,18). The first-order valence-corrected chi connectivity index (χ1v) is 7.80. The molecule has 5 nitrogen and oxygen atoms in total. The monoisotopic (exact) mass is 277 g/mol. The number of amides is 1. The van der Waals surface area contributed by atoms with Gasteiger partial charge in [0.05, 0.1) is 6.10 Å². The van der Waals surface area contributed by atoms with Crippen LogP contribution in [0.5, 0.6) is 0 Å². The highest BCUT2D eigenvalue weighted by Crippen LogP contribution is 2.21. The van der Waals surface area contributed by atoms with Gasteiger partial charge >= 0.3 is 0 Å². The third kappa shape index (κ3) is 3.03. The molecular formula is C15H23N3O2. The molecule has 1 aliphatic carbocycles. The second kappa shape index (κ2) is 6.39. The van der Waals surface area contributed by atoms with Crippen LogP contribution in [0.4, 0.5) is 0 Å². The Balaban J connectivity index is 1.64. The van der Waals surface area contributed by atoms with E-state index in [4.69, 9.17) is 4.74 Å². The summed E-state index contributed by atoms with van der Waals surface area (Å²) in [5, 5.41) is 10.3. The molecule has 3 rings (SSSR count). The van der Waals surface area contributed by atoms with E-state index >= 15 is 0 Å². The molecule has 1 aromatic rings. The van der Waals surface area contributed by atoms with E-state index < -0.39 is 0 Å². The highest BCUT2D eigenvalue weighted by atomic mass is 16.5. The number of fused-ring (bicyclic) bond motifs is 1. The minimum absolute atomic E-state index is 0.0569. The van der Waals surface area contributed by atoms with Crippen molar-refractivity contribution in [3.63, 3.8) is 0 Å². The Hall–Kier alpha value is -1.36. The molecule has 1 saturated heterocycles. The Bertz CT molecular complexity index is 464. The second-order valence-electron chi connectivity index (χ2n) is 5.79. The summed E-state index contributed by atoms with van der Waals surface area (Å²) in [6.07, 6.45) is 9.16. The van der Waals surface area contributed by atoms with Gasteiger partial charge in [-0.2, -0.15) is 5.10 Å². The van der Waals surface area contributed by atoms with Gasteiger partial charge in [0.25, 0.3) is 5.91 Å². The molecule has 110 valence electrons. The van der Waals surface area contributed by atoms with Crippen LogP contribution in [0.1, 0.15) is 60.3 Å². The van der Waals surface area contributed by atoms with Crippen molar-refractivity contribution in [2.24, 2.45) is 0 Å². The molecule has 1 aromatic heterocycles. The first-order chi connectivity index (χ1) is 9.84. The van der Waals surface area contributed by atoms with Crippen molar-refractivity contribution in [2.75, 3.05) is 13.2 Å². The lowest BCUT2D eigenvalue weighted by Crippen LogP contribution is -2.32. The number of carbonyl (C=O) groups is 1. The molecule has 1 fully saturated rings. The minimum Gasteiger partial charge on any atom is -0.376 e. The summed E-state index contributed by atoms with van der Waals surface area (Å²) in [7, 11) is 0. The van der Waals surface area contributed by atoms with Crippen LogP contribution in [-0.4, -0.2) is 35.4 Å². The van der Waals surface area contributed by atoms with Crippen LogP contribution in [0, 0.1) is 0 Å². The van der Waals surface area contributed by atoms with Crippen molar-refractivity contribution < 1.29 is 9.53 Å². The molecule has 0 bridgehead atoms. The molecule has 1 amide bonds. The highest BCUT2D eigenvalue weighted by Gasteiger charge is 2.22. The number of hydrogen-bond acceptors (Lipinski definition) is 3. The van der Waals surface area contributed by atoms with Crippen molar-refractivity contribution >= 4 is 5.91 Å².